The van der Waals surface area contributed by atoms with Gasteiger partial charge in [-0.25, -0.2) is 0 Å². The average Bonchev–Trinajstić information content (AvgIpc) is 2.60. The molecule has 1 heterocycles. The Morgan fingerprint density at radius 1 is 1.50 bits per heavy atom. The van der Waals surface area contributed by atoms with E-state index in [0.717, 1.165) is 20.7 Å². The van der Waals surface area contributed by atoms with Gasteiger partial charge in [-0.1, -0.05) is 0 Å². The van der Waals surface area contributed by atoms with Gasteiger partial charge in [0.2, 0.25) is 0 Å². The third-order valence-corrected chi connectivity index (χ3v) is 3.30. The van der Waals surface area contributed by atoms with Gasteiger partial charge in [0.1, 0.15) is 16.7 Å². The van der Waals surface area contributed by atoms with E-state index < -0.39 is 0 Å². The first kappa shape index (κ1) is 9.38. The summed E-state index contributed by atoms with van der Waals surface area (Å²) in [5.74, 6) is 0.739. The zero-order valence-electron chi connectivity index (χ0n) is 7.44. The molecule has 14 heavy (non-hydrogen) atoms. The minimum Gasteiger partial charge on any atom is -0.495 e. The van der Waals surface area contributed by atoms with Crippen LogP contribution in [0, 0.1) is 11.3 Å². The number of thiol groups is 1. The van der Waals surface area contributed by atoms with E-state index in [1.54, 1.807) is 7.11 Å². The maximum atomic E-state index is 8.77. The predicted octanol–water partition coefficient (Wildman–Crippen LogP) is 3.07. The quantitative estimate of drug-likeness (QED) is 0.751. The Hall–Kier alpha value is -1.18. The smallest absolute Gasteiger partial charge is 0.140 e. The lowest BCUT2D eigenvalue weighted by atomic mass is 10.2. The normalized spacial score (nSPS) is 10.1. The van der Waals surface area contributed by atoms with E-state index in [2.05, 4.69) is 18.7 Å². The van der Waals surface area contributed by atoms with Crippen LogP contribution in [0.1, 0.15) is 4.88 Å². The molecule has 0 amide bonds. The number of hydrogen-bond donors (Lipinski definition) is 1. The van der Waals surface area contributed by atoms with Gasteiger partial charge in [-0.05, 0) is 18.2 Å². The van der Waals surface area contributed by atoms with Crippen molar-refractivity contribution in [2.45, 2.75) is 4.90 Å². The number of benzene rings is 1. The molecule has 2 aromatic rings. The van der Waals surface area contributed by atoms with Gasteiger partial charge < -0.3 is 4.74 Å². The van der Waals surface area contributed by atoms with Crippen molar-refractivity contribution in [3.05, 3.63) is 23.1 Å². The second kappa shape index (κ2) is 3.52. The highest BCUT2D eigenvalue weighted by molar-refractivity contribution is 7.80. The molecule has 0 aliphatic heterocycles. The molecular formula is C10H7NOS2. The highest BCUT2D eigenvalue weighted by Crippen LogP contribution is 2.36. The lowest BCUT2D eigenvalue weighted by molar-refractivity contribution is 0.410. The highest BCUT2D eigenvalue weighted by Gasteiger charge is 2.08. The monoisotopic (exact) mass is 221 g/mol. The number of fused-ring (bicyclic) bond motifs is 1. The van der Waals surface area contributed by atoms with Crippen molar-refractivity contribution in [2.24, 2.45) is 0 Å². The summed E-state index contributed by atoms with van der Waals surface area (Å²) in [5.41, 5.74) is 0. The number of methoxy groups -OCH3 is 1. The number of ether oxygens (including phenoxy) is 1. The molecule has 0 bridgehead atoms. The molecule has 0 saturated heterocycles. The van der Waals surface area contributed by atoms with Crippen LogP contribution in [0.5, 0.6) is 5.75 Å². The fourth-order valence-electron chi connectivity index (χ4n) is 1.34. The lowest BCUT2D eigenvalue weighted by Crippen LogP contribution is -1.84. The van der Waals surface area contributed by atoms with Crippen LogP contribution >= 0.6 is 24.0 Å². The maximum Gasteiger partial charge on any atom is 0.140 e. The molecular weight excluding hydrogens is 214 g/mol. The van der Waals surface area contributed by atoms with E-state index in [0.29, 0.717) is 4.88 Å². The third kappa shape index (κ3) is 1.35. The van der Waals surface area contributed by atoms with Crippen molar-refractivity contribution in [3.63, 3.8) is 0 Å². The summed E-state index contributed by atoms with van der Waals surface area (Å²) in [6.45, 7) is 0. The van der Waals surface area contributed by atoms with E-state index in [4.69, 9.17) is 10.00 Å². The molecule has 0 aliphatic rings. The largest absolute Gasteiger partial charge is 0.495 e. The Bertz CT molecular complexity index is 525. The second-order valence-electron chi connectivity index (χ2n) is 2.75. The molecule has 0 spiro atoms. The fourth-order valence-corrected chi connectivity index (χ4v) is 2.49. The Balaban J connectivity index is 2.81. The van der Waals surface area contributed by atoms with Crippen molar-refractivity contribution in [1.29, 1.82) is 5.26 Å². The molecule has 0 unspecified atom stereocenters. The molecule has 1 aromatic carbocycles. The number of rotatable bonds is 1. The molecule has 0 N–H and O–H groups in total. The molecule has 0 radical (unpaired) electrons. The Kier molecular flexibility index (Phi) is 2.36. The molecule has 2 nitrogen and oxygen atoms in total. The van der Waals surface area contributed by atoms with Crippen molar-refractivity contribution >= 4 is 34.1 Å². The Morgan fingerprint density at radius 2 is 2.29 bits per heavy atom. The minimum absolute atomic E-state index is 0.692. The van der Waals surface area contributed by atoms with Crippen LogP contribution in [0.3, 0.4) is 0 Å². The van der Waals surface area contributed by atoms with Crippen LogP contribution in [-0.2, 0) is 0 Å². The van der Waals surface area contributed by atoms with Gasteiger partial charge in [0.15, 0.2) is 0 Å². The van der Waals surface area contributed by atoms with E-state index in [1.807, 2.05) is 18.2 Å². The molecule has 0 atom stereocenters. The topological polar surface area (TPSA) is 33.0 Å². The van der Waals surface area contributed by atoms with Gasteiger partial charge in [-0.3, -0.25) is 0 Å². The standard InChI is InChI=1S/C10H7NOS2/c1-12-10-7-4-6(5-11)14-9(7)3-2-8(10)13/h2-4,13H,1H3. The molecule has 0 aliphatic carbocycles. The maximum absolute atomic E-state index is 8.77. The molecule has 0 saturated carbocycles. The number of nitriles is 1. The summed E-state index contributed by atoms with van der Waals surface area (Å²) in [6.07, 6.45) is 0. The summed E-state index contributed by atoms with van der Waals surface area (Å²) in [5, 5.41) is 9.73. The van der Waals surface area contributed by atoms with Crippen LogP contribution in [0.4, 0.5) is 0 Å². The first-order valence-corrected chi connectivity index (χ1v) is 5.22. The van der Waals surface area contributed by atoms with E-state index in [9.17, 15) is 0 Å². The lowest BCUT2D eigenvalue weighted by Gasteiger charge is -2.03. The van der Waals surface area contributed by atoms with Crippen LogP contribution in [-0.4, -0.2) is 7.11 Å². The molecule has 70 valence electrons. The first-order chi connectivity index (χ1) is 6.76. The van der Waals surface area contributed by atoms with E-state index in [1.165, 1.54) is 11.3 Å². The summed E-state index contributed by atoms with van der Waals surface area (Å²) >= 11 is 5.75. The zero-order valence-corrected chi connectivity index (χ0v) is 9.15. The summed E-state index contributed by atoms with van der Waals surface area (Å²) in [7, 11) is 1.61. The molecule has 2 rings (SSSR count). The number of thiophene rings is 1. The van der Waals surface area contributed by atoms with Crippen LogP contribution in [0.15, 0.2) is 23.1 Å². The van der Waals surface area contributed by atoms with Gasteiger partial charge in [0, 0.05) is 15.0 Å². The molecule has 1 aromatic heterocycles. The van der Waals surface area contributed by atoms with Crippen molar-refractivity contribution in [2.75, 3.05) is 7.11 Å². The zero-order chi connectivity index (χ0) is 10.1. The average molecular weight is 221 g/mol. The van der Waals surface area contributed by atoms with Crippen molar-refractivity contribution < 1.29 is 4.74 Å². The fraction of sp³-hybridized carbons (Fsp3) is 0.100. The van der Waals surface area contributed by atoms with Gasteiger partial charge in [0.25, 0.3) is 0 Å². The van der Waals surface area contributed by atoms with Gasteiger partial charge in [0.05, 0.1) is 7.11 Å². The molecule has 4 heteroatoms. The van der Waals surface area contributed by atoms with Crippen molar-refractivity contribution in [3.8, 4) is 11.8 Å². The van der Waals surface area contributed by atoms with Gasteiger partial charge >= 0.3 is 0 Å². The summed E-state index contributed by atoms with van der Waals surface area (Å²) < 4.78 is 6.29. The predicted molar refractivity (Wildman–Crippen MR) is 60.3 cm³/mol. The summed E-state index contributed by atoms with van der Waals surface area (Å²) in [4.78, 5) is 1.49. The van der Waals surface area contributed by atoms with Crippen LogP contribution in [0.2, 0.25) is 0 Å². The number of hydrogen-bond acceptors (Lipinski definition) is 4. The Morgan fingerprint density at radius 3 is 2.93 bits per heavy atom. The van der Waals surface area contributed by atoms with E-state index >= 15 is 0 Å². The Labute approximate surface area is 91.1 Å². The minimum atomic E-state index is 0.692. The third-order valence-electron chi connectivity index (χ3n) is 1.94. The number of nitrogens with zero attached hydrogens (tertiary/aromatic N) is 1. The summed E-state index contributed by atoms with van der Waals surface area (Å²) in [6, 6.07) is 7.78. The second-order valence-corrected chi connectivity index (χ2v) is 4.32. The van der Waals surface area contributed by atoms with Crippen molar-refractivity contribution in [1.82, 2.24) is 0 Å². The first-order valence-electron chi connectivity index (χ1n) is 3.96. The highest BCUT2D eigenvalue weighted by atomic mass is 32.1. The SMILES string of the molecule is COc1c(S)ccc2sc(C#N)cc12. The van der Waals surface area contributed by atoms with Crippen LogP contribution < -0.4 is 4.74 Å². The van der Waals surface area contributed by atoms with Gasteiger partial charge in [-0.15, -0.1) is 24.0 Å². The van der Waals surface area contributed by atoms with Crippen LogP contribution in [0.25, 0.3) is 10.1 Å². The molecule has 0 fully saturated rings. The van der Waals surface area contributed by atoms with Gasteiger partial charge in [-0.2, -0.15) is 5.26 Å². The van der Waals surface area contributed by atoms with E-state index in [-0.39, 0.29) is 0 Å².